The van der Waals surface area contributed by atoms with E-state index in [4.69, 9.17) is 0 Å². The van der Waals surface area contributed by atoms with Crippen LogP contribution in [0, 0.1) is 0 Å². The monoisotopic (exact) mass is 394 g/mol. The van der Waals surface area contributed by atoms with Gasteiger partial charge in [-0.15, -0.1) is 11.3 Å². The van der Waals surface area contributed by atoms with Crippen LogP contribution in [0.4, 0.5) is 0 Å². The highest BCUT2D eigenvalue weighted by Gasteiger charge is 2.30. The Labute approximate surface area is 137 Å². The molecule has 1 aliphatic rings. The molecule has 21 heavy (non-hydrogen) atoms. The molecule has 0 aliphatic carbocycles. The first kappa shape index (κ1) is 16.9. The van der Waals surface area contributed by atoms with Crippen LogP contribution in [0.5, 0.6) is 0 Å². The fourth-order valence-corrected chi connectivity index (χ4v) is 5.96. The van der Waals surface area contributed by atoms with E-state index in [2.05, 4.69) is 21.2 Å². The van der Waals surface area contributed by atoms with Crippen LogP contribution in [0.15, 0.2) is 20.1 Å². The minimum atomic E-state index is -3.39. The molecule has 1 fully saturated rings. The summed E-state index contributed by atoms with van der Waals surface area (Å²) in [4.78, 5) is 11.6. The first-order chi connectivity index (χ1) is 9.93. The lowest BCUT2D eigenvalue weighted by Crippen LogP contribution is -2.46. The molecule has 2 rings (SSSR count). The van der Waals surface area contributed by atoms with Crippen molar-refractivity contribution in [3.63, 3.8) is 0 Å². The normalized spacial score (nSPS) is 17.8. The maximum atomic E-state index is 12.5. The summed E-state index contributed by atoms with van der Waals surface area (Å²) in [6.45, 7) is 2.87. The van der Waals surface area contributed by atoms with E-state index in [0.29, 0.717) is 36.6 Å². The van der Waals surface area contributed by atoms with Gasteiger partial charge in [-0.1, -0.05) is 6.92 Å². The number of piperidine rings is 1. The molecule has 0 unspecified atom stereocenters. The molecule has 0 saturated carbocycles. The lowest BCUT2D eigenvalue weighted by atomic mass is 10.1. The van der Waals surface area contributed by atoms with Gasteiger partial charge in [0.1, 0.15) is 4.21 Å². The summed E-state index contributed by atoms with van der Waals surface area (Å²) in [5, 5.41) is 2.97. The van der Waals surface area contributed by atoms with Gasteiger partial charge in [0.05, 0.1) is 3.79 Å². The van der Waals surface area contributed by atoms with Crippen LogP contribution in [0.2, 0.25) is 0 Å². The number of carbonyl (C=O) groups is 1. The zero-order chi connectivity index (χ0) is 15.5. The highest BCUT2D eigenvalue weighted by atomic mass is 79.9. The Hall–Kier alpha value is -0.440. The van der Waals surface area contributed by atoms with Crippen molar-refractivity contribution in [2.75, 3.05) is 13.1 Å². The molecule has 0 bridgehead atoms. The standard InChI is InChI=1S/C13H19BrN2O3S2/c1-2-3-12(17)15-10-6-8-16(9-7-10)21(18,19)13-5-4-11(14)20-13/h4-5,10H,2-3,6-9H2,1H3,(H,15,17). The summed E-state index contributed by atoms with van der Waals surface area (Å²) < 4.78 is 27.6. The largest absolute Gasteiger partial charge is 0.353 e. The number of thiophene rings is 1. The molecule has 0 atom stereocenters. The molecule has 1 amide bonds. The SMILES string of the molecule is CCCC(=O)NC1CCN(S(=O)(=O)c2ccc(Br)s2)CC1. The second-order valence-electron chi connectivity index (χ2n) is 5.05. The molecule has 1 aromatic rings. The topological polar surface area (TPSA) is 66.5 Å². The van der Waals surface area contributed by atoms with E-state index in [1.54, 1.807) is 12.1 Å². The zero-order valence-electron chi connectivity index (χ0n) is 11.8. The third-order valence-electron chi connectivity index (χ3n) is 3.44. The molecule has 0 spiro atoms. The van der Waals surface area contributed by atoms with E-state index in [9.17, 15) is 13.2 Å². The molecule has 1 aliphatic heterocycles. The quantitative estimate of drug-likeness (QED) is 0.834. The number of amides is 1. The first-order valence-electron chi connectivity index (χ1n) is 6.98. The molecule has 0 radical (unpaired) electrons. The van der Waals surface area contributed by atoms with Crippen molar-refractivity contribution in [3.8, 4) is 0 Å². The smallest absolute Gasteiger partial charge is 0.252 e. The second kappa shape index (κ2) is 7.21. The maximum absolute atomic E-state index is 12.5. The molecule has 8 heteroatoms. The Morgan fingerprint density at radius 3 is 2.62 bits per heavy atom. The third-order valence-corrected chi connectivity index (χ3v) is 7.43. The zero-order valence-corrected chi connectivity index (χ0v) is 15.1. The van der Waals surface area contributed by atoms with Crippen LogP contribution < -0.4 is 5.32 Å². The summed E-state index contributed by atoms with van der Waals surface area (Å²) in [5.41, 5.74) is 0. The maximum Gasteiger partial charge on any atom is 0.252 e. The molecule has 1 aromatic heterocycles. The molecular weight excluding hydrogens is 376 g/mol. The van der Waals surface area contributed by atoms with Gasteiger partial charge in [0, 0.05) is 25.6 Å². The van der Waals surface area contributed by atoms with Gasteiger partial charge >= 0.3 is 0 Å². The van der Waals surface area contributed by atoms with Gasteiger partial charge in [-0.05, 0) is 47.3 Å². The number of sulfonamides is 1. The number of rotatable bonds is 5. The van der Waals surface area contributed by atoms with E-state index in [-0.39, 0.29) is 11.9 Å². The Balaban J connectivity index is 1.93. The summed E-state index contributed by atoms with van der Waals surface area (Å²) >= 11 is 4.51. The predicted molar refractivity (Wildman–Crippen MR) is 86.9 cm³/mol. The highest BCUT2D eigenvalue weighted by Crippen LogP contribution is 2.29. The Morgan fingerprint density at radius 2 is 2.10 bits per heavy atom. The Morgan fingerprint density at radius 1 is 1.43 bits per heavy atom. The Bertz CT molecular complexity index is 592. The molecule has 118 valence electrons. The average molecular weight is 395 g/mol. The van der Waals surface area contributed by atoms with Crippen molar-refractivity contribution in [2.45, 2.75) is 42.9 Å². The van der Waals surface area contributed by atoms with Crippen molar-refractivity contribution in [3.05, 3.63) is 15.9 Å². The van der Waals surface area contributed by atoms with Crippen molar-refractivity contribution in [1.82, 2.24) is 9.62 Å². The van der Waals surface area contributed by atoms with E-state index >= 15 is 0 Å². The average Bonchev–Trinajstić information content (AvgIpc) is 2.87. The van der Waals surface area contributed by atoms with Gasteiger partial charge in [0.25, 0.3) is 10.0 Å². The van der Waals surface area contributed by atoms with Crippen LogP contribution >= 0.6 is 27.3 Å². The van der Waals surface area contributed by atoms with Gasteiger partial charge in [-0.25, -0.2) is 8.42 Å². The van der Waals surface area contributed by atoms with Gasteiger partial charge in [-0.2, -0.15) is 4.31 Å². The van der Waals surface area contributed by atoms with Crippen molar-refractivity contribution >= 4 is 43.2 Å². The molecule has 5 nitrogen and oxygen atoms in total. The van der Waals surface area contributed by atoms with Gasteiger partial charge < -0.3 is 5.32 Å². The summed E-state index contributed by atoms with van der Waals surface area (Å²) in [6, 6.07) is 3.46. The Kier molecular flexibility index (Phi) is 5.81. The fraction of sp³-hybridized carbons (Fsp3) is 0.615. The van der Waals surface area contributed by atoms with Gasteiger partial charge in [-0.3, -0.25) is 4.79 Å². The molecule has 0 aromatic carbocycles. The van der Waals surface area contributed by atoms with Crippen LogP contribution in [0.3, 0.4) is 0 Å². The number of nitrogens with one attached hydrogen (secondary N) is 1. The molecule has 1 saturated heterocycles. The van der Waals surface area contributed by atoms with Gasteiger partial charge in [0.2, 0.25) is 5.91 Å². The summed E-state index contributed by atoms with van der Waals surface area (Å²) in [7, 11) is -3.39. The van der Waals surface area contributed by atoms with Gasteiger partial charge in [0.15, 0.2) is 0 Å². The lowest BCUT2D eigenvalue weighted by Gasteiger charge is -2.31. The van der Waals surface area contributed by atoms with E-state index in [1.165, 1.54) is 15.6 Å². The molecule has 2 heterocycles. The number of carbonyl (C=O) groups excluding carboxylic acids is 1. The number of hydrogen-bond donors (Lipinski definition) is 1. The predicted octanol–water partition coefficient (Wildman–Crippen LogP) is 2.58. The van der Waals surface area contributed by atoms with Crippen LogP contribution in [0.25, 0.3) is 0 Å². The fourth-order valence-electron chi connectivity index (χ4n) is 2.33. The highest BCUT2D eigenvalue weighted by molar-refractivity contribution is 9.11. The molecular formula is C13H19BrN2O3S2. The minimum absolute atomic E-state index is 0.0565. The van der Waals surface area contributed by atoms with E-state index < -0.39 is 10.0 Å². The summed E-state index contributed by atoms with van der Waals surface area (Å²) in [5.74, 6) is 0.0565. The third kappa shape index (κ3) is 4.28. The lowest BCUT2D eigenvalue weighted by molar-refractivity contribution is -0.122. The number of hydrogen-bond acceptors (Lipinski definition) is 4. The van der Waals surface area contributed by atoms with Crippen molar-refractivity contribution in [1.29, 1.82) is 0 Å². The van der Waals surface area contributed by atoms with Crippen LogP contribution in [0.1, 0.15) is 32.6 Å². The summed E-state index contributed by atoms with van der Waals surface area (Å²) in [6.07, 6.45) is 2.69. The van der Waals surface area contributed by atoms with Crippen molar-refractivity contribution < 1.29 is 13.2 Å². The minimum Gasteiger partial charge on any atom is -0.353 e. The number of halogens is 1. The van der Waals surface area contributed by atoms with E-state index in [0.717, 1.165) is 10.2 Å². The molecule has 1 N–H and O–H groups in total. The van der Waals surface area contributed by atoms with Crippen molar-refractivity contribution in [2.24, 2.45) is 0 Å². The van der Waals surface area contributed by atoms with E-state index in [1.807, 2.05) is 6.92 Å². The van der Waals surface area contributed by atoms with Crippen LogP contribution in [-0.2, 0) is 14.8 Å². The van der Waals surface area contributed by atoms with Crippen LogP contribution in [-0.4, -0.2) is 37.8 Å². The first-order valence-corrected chi connectivity index (χ1v) is 10.0. The second-order valence-corrected chi connectivity index (χ2v) is 9.68. The number of nitrogens with zero attached hydrogens (tertiary/aromatic N) is 1.